The van der Waals surface area contributed by atoms with Crippen molar-refractivity contribution in [2.24, 2.45) is 5.92 Å². The number of urea groups is 2. The minimum absolute atomic E-state index is 0.0163. The van der Waals surface area contributed by atoms with Crippen LogP contribution < -0.4 is 47.9 Å². The van der Waals surface area contributed by atoms with E-state index >= 15 is 0 Å². The molecule has 6 amide bonds. The predicted molar refractivity (Wildman–Crippen MR) is 382 cm³/mol. The van der Waals surface area contributed by atoms with Crippen molar-refractivity contribution in [3.8, 4) is 0 Å². The van der Waals surface area contributed by atoms with E-state index in [1.54, 1.807) is 19.6 Å². The Morgan fingerprint density at radius 2 is 0.766 bits per heavy atom. The van der Waals surface area contributed by atoms with Crippen LogP contribution in [0, 0.1) is 5.92 Å². The fraction of sp³-hybridized carbons (Fsp3) is 0.687. The number of aliphatic carboxylic acids is 10. The summed E-state index contributed by atoms with van der Waals surface area (Å²) < 4.78 is 0. The monoisotopic (exact) mass is 1520 g/mol. The van der Waals surface area contributed by atoms with Gasteiger partial charge in [-0.15, -0.1) is 0 Å². The largest absolute Gasteiger partial charge is 0.481 e. The van der Waals surface area contributed by atoms with Gasteiger partial charge in [0.25, 0.3) is 0 Å². The lowest BCUT2D eigenvalue weighted by Crippen LogP contribution is -2.53. The van der Waals surface area contributed by atoms with Crippen LogP contribution in [0.15, 0.2) is 23.4 Å². The Kier molecular flexibility index (Phi) is 43.6. The Hall–Kier alpha value is -10.1. The fourth-order valence-electron chi connectivity index (χ4n) is 11.8. The number of rotatable bonds is 54. The number of hydrogen-bond acceptors (Lipinski definition) is 24. The predicted octanol–water partition coefficient (Wildman–Crippen LogP) is 1.67. The molecule has 0 spiro atoms. The number of nitrogens with one attached hydrogen (secondary N) is 9. The number of anilines is 3. The molecule has 2 unspecified atom stereocenters. The fourth-order valence-corrected chi connectivity index (χ4v) is 11.8. The summed E-state index contributed by atoms with van der Waals surface area (Å²) in [6.07, 6.45) is 12.0. The first-order valence-corrected chi connectivity index (χ1v) is 36.1. The summed E-state index contributed by atoms with van der Waals surface area (Å²) in [5.74, 6) is -12.4. The lowest BCUT2D eigenvalue weighted by atomic mass is 9.88. The molecule has 1 saturated heterocycles. The lowest BCUT2D eigenvalue weighted by molar-refractivity contribution is -0.142. The van der Waals surface area contributed by atoms with Gasteiger partial charge in [-0.1, -0.05) is 57.1 Å². The molecule has 1 aromatic heterocycles. The van der Waals surface area contributed by atoms with Crippen LogP contribution in [0.25, 0.3) is 0 Å². The molecular formula is C67H108N16O24. The standard InChI is InChI=1S/C67H108N16O24/c1-43-36-44(37-45-38-82(41-57(94)95)33-32-80(39-55(90)91)30-31-81(40-56(92)93)34-35-83(45)42-58(96)97)20-21-46(43)72-65-78-63(70-28-12-6-2-4-8-18-51(84)68-26-14-10-16-47(59(98)99)73-66(106)75-49(61(102)103)22-24-53(86)87)77-64(79-65)71-29-13-7-3-5-9-19-52(85)69-27-15-11-17-48(60(100)101)74-67(107)76-50(62(104)105)23-25-54(88)89/h20-21,43,45,47-50H,2-19,22-42H2,1H3,(H,68,84)(H,69,85)(H,86,87)(H,88,89)(H,90,91)(H,92,93)(H,94,95)(H,96,97)(H,98,99)(H,100,101)(H,102,103)(H,104,105)(H2,73,75,106)(H2,74,76,107)(H3,70,71,72,77,78,79)/t43?,45?,47-,48-,49-,50-/m0/s1. The van der Waals surface area contributed by atoms with E-state index in [1.807, 2.05) is 19.1 Å². The molecular weight excluding hydrogens is 1410 g/mol. The van der Waals surface area contributed by atoms with Gasteiger partial charge in [-0.05, 0) is 102 Å². The second-order valence-electron chi connectivity index (χ2n) is 26.4. The van der Waals surface area contributed by atoms with E-state index in [4.69, 9.17) is 20.2 Å². The summed E-state index contributed by atoms with van der Waals surface area (Å²) in [6.45, 7) is 2.95. The van der Waals surface area contributed by atoms with Gasteiger partial charge in [0.15, 0.2) is 0 Å². The molecule has 600 valence electrons. The van der Waals surface area contributed by atoms with Crippen molar-refractivity contribution < 1.29 is 118 Å². The molecule has 3 rings (SSSR count). The molecule has 2 heterocycles. The highest BCUT2D eigenvalue weighted by Crippen LogP contribution is 2.30. The molecule has 1 aromatic rings. The number of hydrogen-bond donors (Lipinski definition) is 19. The Bertz CT molecular complexity index is 3040. The van der Waals surface area contributed by atoms with Gasteiger partial charge < -0.3 is 98.9 Å². The number of allylic oxidation sites excluding steroid dienone is 3. The maximum Gasteiger partial charge on any atom is 0.326 e. The van der Waals surface area contributed by atoms with Crippen LogP contribution in [-0.4, -0.2) is 298 Å². The summed E-state index contributed by atoms with van der Waals surface area (Å²) in [4.78, 5) is 187. The van der Waals surface area contributed by atoms with E-state index in [0.29, 0.717) is 64.5 Å². The van der Waals surface area contributed by atoms with Gasteiger partial charge in [0, 0.05) is 109 Å². The average molecular weight is 1520 g/mol. The molecule has 6 atom stereocenters. The van der Waals surface area contributed by atoms with Crippen molar-refractivity contribution in [1.29, 1.82) is 0 Å². The van der Waals surface area contributed by atoms with E-state index in [0.717, 1.165) is 62.6 Å². The molecule has 0 bridgehead atoms. The molecule has 2 aliphatic rings. The Labute approximate surface area is 618 Å². The molecule has 1 aliphatic carbocycles. The van der Waals surface area contributed by atoms with E-state index in [1.165, 1.54) is 0 Å². The number of nitrogens with zero attached hydrogens (tertiary/aromatic N) is 7. The van der Waals surface area contributed by atoms with Gasteiger partial charge in [-0.3, -0.25) is 58.0 Å². The SMILES string of the molecule is CC1CC(CC2CN(CC(=O)O)CCN(CC(=O)O)CCN(CC(=O)O)CCN2CC(=O)O)=CC=C1Nc1nc(NCCCCCCCC(=O)NCCCC[C@H](NC(=O)N[C@@H](CCC(=O)O)C(=O)O)C(=O)O)nc(NCCCCCCCC(=O)NCCCC[C@H](NC(=O)N[C@@H](CCC(=O)O)C(=O)O)C(=O)O)n1. The maximum atomic E-state index is 12.6. The van der Waals surface area contributed by atoms with Crippen molar-refractivity contribution in [2.45, 2.75) is 191 Å². The van der Waals surface area contributed by atoms with Gasteiger partial charge in [-0.25, -0.2) is 28.8 Å². The lowest BCUT2D eigenvalue weighted by Gasteiger charge is -2.38. The Morgan fingerprint density at radius 3 is 1.17 bits per heavy atom. The summed E-state index contributed by atoms with van der Waals surface area (Å²) >= 11 is 0. The molecule has 40 heteroatoms. The van der Waals surface area contributed by atoms with Crippen LogP contribution in [0.4, 0.5) is 27.4 Å². The topological polar surface area (TPSA) is 601 Å². The molecule has 1 fully saturated rings. The summed E-state index contributed by atoms with van der Waals surface area (Å²) in [7, 11) is 0. The number of carboxylic acid groups (broad SMARTS) is 10. The van der Waals surface area contributed by atoms with Gasteiger partial charge in [0.2, 0.25) is 29.7 Å². The molecule has 1 aliphatic heterocycles. The third-order valence-electron chi connectivity index (χ3n) is 17.5. The number of amides is 6. The van der Waals surface area contributed by atoms with Crippen molar-refractivity contribution in [1.82, 2.24) is 66.5 Å². The maximum absolute atomic E-state index is 12.6. The number of carboxylic acids is 10. The zero-order valence-corrected chi connectivity index (χ0v) is 60.5. The second kappa shape index (κ2) is 51.2. The van der Waals surface area contributed by atoms with E-state index in [9.17, 15) is 108 Å². The van der Waals surface area contributed by atoms with Crippen LogP contribution in [0.3, 0.4) is 0 Å². The third-order valence-corrected chi connectivity index (χ3v) is 17.5. The minimum Gasteiger partial charge on any atom is -0.481 e. The highest BCUT2D eigenvalue weighted by Gasteiger charge is 2.31. The third kappa shape index (κ3) is 42.0. The van der Waals surface area contributed by atoms with Gasteiger partial charge in [0.05, 0.1) is 26.2 Å². The number of aromatic nitrogens is 3. The molecule has 107 heavy (non-hydrogen) atoms. The Balaban J connectivity index is 1.63. The van der Waals surface area contributed by atoms with Crippen LogP contribution in [0.2, 0.25) is 0 Å². The summed E-state index contributed by atoms with van der Waals surface area (Å²) in [6, 6.07) is -8.51. The van der Waals surface area contributed by atoms with Gasteiger partial charge in [-0.2, -0.15) is 15.0 Å². The highest BCUT2D eigenvalue weighted by atomic mass is 16.4. The van der Waals surface area contributed by atoms with Crippen molar-refractivity contribution >= 4 is 101 Å². The van der Waals surface area contributed by atoms with Crippen LogP contribution in [0.5, 0.6) is 0 Å². The molecule has 40 nitrogen and oxygen atoms in total. The van der Waals surface area contributed by atoms with Gasteiger partial charge >= 0.3 is 71.8 Å². The van der Waals surface area contributed by atoms with Crippen molar-refractivity contribution in [2.75, 3.05) is 114 Å². The number of carbonyl (C=O) groups is 14. The Morgan fingerprint density at radius 1 is 0.402 bits per heavy atom. The first kappa shape index (κ1) is 91.1. The quantitative estimate of drug-likeness (QED) is 0.0412. The molecule has 0 aromatic carbocycles. The second-order valence-corrected chi connectivity index (χ2v) is 26.4. The summed E-state index contributed by atoms with van der Waals surface area (Å²) in [5, 5.41) is 119. The van der Waals surface area contributed by atoms with Crippen molar-refractivity contribution in [3.05, 3.63) is 23.4 Å². The van der Waals surface area contributed by atoms with Crippen molar-refractivity contribution in [3.63, 3.8) is 0 Å². The number of carbonyl (C=O) groups excluding carboxylic acids is 4. The first-order chi connectivity index (χ1) is 50.8. The van der Waals surface area contributed by atoms with Crippen LogP contribution in [-0.2, 0) is 57.5 Å². The first-order valence-electron chi connectivity index (χ1n) is 36.1. The molecule has 0 saturated carbocycles. The van der Waals surface area contributed by atoms with E-state index in [-0.39, 0.29) is 133 Å². The highest BCUT2D eigenvalue weighted by molar-refractivity contribution is 5.87. The summed E-state index contributed by atoms with van der Waals surface area (Å²) in [5.41, 5.74) is 1.67. The van der Waals surface area contributed by atoms with Gasteiger partial charge in [0.1, 0.15) is 24.2 Å². The molecule has 19 N–H and O–H groups in total. The van der Waals surface area contributed by atoms with E-state index < -0.39 is 141 Å². The van der Waals surface area contributed by atoms with E-state index in [2.05, 4.69) is 52.8 Å². The van der Waals surface area contributed by atoms with Crippen LogP contribution in [0.1, 0.15) is 161 Å². The normalized spacial score (nSPS) is 16.5. The zero-order valence-electron chi connectivity index (χ0n) is 60.5. The van der Waals surface area contributed by atoms with Crippen LogP contribution >= 0.6 is 0 Å². The minimum atomic E-state index is -1.54. The number of unbranched alkanes of at least 4 members (excludes halogenated alkanes) is 10. The molecule has 0 radical (unpaired) electrons. The smallest absolute Gasteiger partial charge is 0.326 e. The zero-order chi connectivity index (χ0) is 79.2. The average Bonchev–Trinajstić information content (AvgIpc) is 0.832.